The summed E-state index contributed by atoms with van der Waals surface area (Å²) in [6.07, 6.45) is 9.37. The summed E-state index contributed by atoms with van der Waals surface area (Å²) in [6, 6.07) is 7.22. The molecule has 0 spiro atoms. The number of unbranched alkanes of at least 4 members (excludes halogenated alkanes) is 6. The lowest BCUT2D eigenvalue weighted by Crippen LogP contribution is -1.99. The molecule has 0 atom stereocenters. The maximum Gasteiger partial charge on any atom is 0.162 e. The number of carbonyl (C=O) groups excluding carboxylic acids is 1. The van der Waals surface area contributed by atoms with Gasteiger partial charge >= 0.3 is 0 Å². The molecule has 100 valence electrons. The molecule has 0 aliphatic heterocycles. The van der Waals surface area contributed by atoms with Gasteiger partial charge in [-0.3, -0.25) is 4.79 Å². The third-order valence-electron chi connectivity index (χ3n) is 3.24. The van der Waals surface area contributed by atoms with Crippen LogP contribution in [0.2, 0.25) is 0 Å². The first-order valence-corrected chi connectivity index (χ1v) is 7.12. The molecule has 0 saturated carbocycles. The second-order valence-corrected chi connectivity index (χ2v) is 4.92. The number of hydrogen-bond donors (Lipinski definition) is 1. The second kappa shape index (κ2) is 8.73. The van der Waals surface area contributed by atoms with Crippen LogP contribution in [-0.2, 0) is 0 Å². The second-order valence-electron chi connectivity index (χ2n) is 4.92. The number of carbonyl (C=O) groups is 1. The van der Waals surface area contributed by atoms with E-state index in [0.29, 0.717) is 12.1 Å². The van der Waals surface area contributed by atoms with Gasteiger partial charge in [0.15, 0.2) is 5.78 Å². The first kappa shape index (κ1) is 14.7. The van der Waals surface area contributed by atoms with E-state index in [1.165, 1.54) is 38.5 Å². The largest absolute Gasteiger partial charge is 0.399 e. The standard InChI is InChI=1S/C16H25NO/c1-2-3-4-5-6-7-8-9-16(18)14-10-12-15(17)13-11-14/h10-13H,2-9,17H2,1H3. The van der Waals surface area contributed by atoms with E-state index < -0.39 is 0 Å². The molecule has 18 heavy (non-hydrogen) atoms. The van der Waals surface area contributed by atoms with Gasteiger partial charge in [0.2, 0.25) is 0 Å². The van der Waals surface area contributed by atoms with E-state index in [1.54, 1.807) is 12.1 Å². The Morgan fingerprint density at radius 2 is 1.50 bits per heavy atom. The summed E-state index contributed by atoms with van der Waals surface area (Å²) in [6.45, 7) is 2.23. The number of Topliss-reactive ketones (excluding diaryl/α,β-unsaturated/α-hetero) is 1. The summed E-state index contributed by atoms with van der Waals surface area (Å²) in [5.41, 5.74) is 7.09. The summed E-state index contributed by atoms with van der Waals surface area (Å²) in [5.74, 6) is 0.239. The lowest BCUT2D eigenvalue weighted by Gasteiger charge is -2.02. The van der Waals surface area contributed by atoms with Gasteiger partial charge in [0.1, 0.15) is 0 Å². The van der Waals surface area contributed by atoms with Crippen molar-refractivity contribution in [3.8, 4) is 0 Å². The van der Waals surface area contributed by atoms with Crippen molar-refractivity contribution in [1.82, 2.24) is 0 Å². The summed E-state index contributed by atoms with van der Waals surface area (Å²) in [7, 11) is 0. The van der Waals surface area contributed by atoms with Crippen LogP contribution in [-0.4, -0.2) is 5.78 Å². The van der Waals surface area contributed by atoms with Crippen molar-refractivity contribution >= 4 is 11.5 Å². The van der Waals surface area contributed by atoms with Gasteiger partial charge in [-0.15, -0.1) is 0 Å². The molecular weight excluding hydrogens is 222 g/mol. The van der Waals surface area contributed by atoms with Crippen LogP contribution in [0.1, 0.15) is 68.6 Å². The predicted molar refractivity (Wildman–Crippen MR) is 77.8 cm³/mol. The highest BCUT2D eigenvalue weighted by Crippen LogP contribution is 2.12. The minimum absolute atomic E-state index is 0.239. The highest BCUT2D eigenvalue weighted by atomic mass is 16.1. The molecule has 1 aromatic rings. The number of hydrogen-bond acceptors (Lipinski definition) is 2. The summed E-state index contributed by atoms with van der Waals surface area (Å²) in [5, 5.41) is 0. The van der Waals surface area contributed by atoms with Gasteiger partial charge in [-0.2, -0.15) is 0 Å². The number of nitrogens with two attached hydrogens (primary N) is 1. The third kappa shape index (κ3) is 5.85. The van der Waals surface area contributed by atoms with Gasteiger partial charge in [-0.25, -0.2) is 0 Å². The molecule has 2 heteroatoms. The number of benzene rings is 1. The summed E-state index contributed by atoms with van der Waals surface area (Å²) >= 11 is 0. The topological polar surface area (TPSA) is 43.1 Å². The highest BCUT2D eigenvalue weighted by molar-refractivity contribution is 5.96. The van der Waals surface area contributed by atoms with Crippen molar-refractivity contribution in [2.24, 2.45) is 0 Å². The lowest BCUT2D eigenvalue weighted by molar-refractivity contribution is 0.0979. The van der Waals surface area contributed by atoms with Crippen LogP contribution >= 0.6 is 0 Å². The molecule has 0 saturated heterocycles. The molecule has 0 unspecified atom stereocenters. The van der Waals surface area contributed by atoms with Crippen molar-refractivity contribution in [1.29, 1.82) is 0 Å². The smallest absolute Gasteiger partial charge is 0.162 e. The van der Waals surface area contributed by atoms with Crippen LogP contribution in [0.25, 0.3) is 0 Å². The zero-order chi connectivity index (χ0) is 13.2. The molecule has 0 aliphatic rings. The van der Waals surface area contributed by atoms with E-state index in [-0.39, 0.29) is 5.78 Å². The number of ketones is 1. The Morgan fingerprint density at radius 1 is 0.944 bits per heavy atom. The van der Waals surface area contributed by atoms with Crippen molar-refractivity contribution in [3.63, 3.8) is 0 Å². The monoisotopic (exact) mass is 247 g/mol. The molecule has 2 N–H and O–H groups in total. The molecule has 0 radical (unpaired) electrons. The van der Waals surface area contributed by atoms with Gasteiger partial charge in [0.25, 0.3) is 0 Å². The summed E-state index contributed by atoms with van der Waals surface area (Å²) < 4.78 is 0. The molecule has 0 aromatic heterocycles. The maximum atomic E-state index is 11.9. The first-order valence-electron chi connectivity index (χ1n) is 7.12. The Bertz CT molecular complexity index is 343. The maximum absolute atomic E-state index is 11.9. The van der Waals surface area contributed by atoms with Gasteiger partial charge in [0, 0.05) is 17.7 Å². The van der Waals surface area contributed by atoms with Gasteiger partial charge in [-0.05, 0) is 30.7 Å². The molecule has 0 amide bonds. The quantitative estimate of drug-likeness (QED) is 0.394. The molecule has 0 heterocycles. The highest BCUT2D eigenvalue weighted by Gasteiger charge is 2.04. The SMILES string of the molecule is CCCCCCCCCC(=O)c1ccc(N)cc1. The van der Waals surface area contributed by atoms with Gasteiger partial charge in [0.05, 0.1) is 0 Å². The van der Waals surface area contributed by atoms with Gasteiger partial charge in [-0.1, -0.05) is 45.4 Å². The average molecular weight is 247 g/mol. The Hall–Kier alpha value is -1.31. The molecule has 0 bridgehead atoms. The van der Waals surface area contributed by atoms with Crippen molar-refractivity contribution in [2.45, 2.75) is 58.3 Å². The molecular formula is C16H25NO. The number of rotatable bonds is 9. The molecule has 1 aromatic carbocycles. The predicted octanol–water partition coefficient (Wildman–Crippen LogP) is 4.59. The fraction of sp³-hybridized carbons (Fsp3) is 0.562. The first-order chi connectivity index (χ1) is 8.74. The van der Waals surface area contributed by atoms with E-state index in [9.17, 15) is 4.79 Å². The molecule has 0 fully saturated rings. The zero-order valence-corrected chi connectivity index (χ0v) is 11.5. The molecule has 1 rings (SSSR count). The van der Waals surface area contributed by atoms with Gasteiger partial charge < -0.3 is 5.73 Å². The van der Waals surface area contributed by atoms with Crippen molar-refractivity contribution in [2.75, 3.05) is 5.73 Å². The minimum Gasteiger partial charge on any atom is -0.399 e. The normalized spacial score (nSPS) is 10.5. The summed E-state index contributed by atoms with van der Waals surface area (Å²) in [4.78, 5) is 11.9. The molecule has 2 nitrogen and oxygen atoms in total. The lowest BCUT2D eigenvalue weighted by atomic mass is 10.0. The van der Waals surface area contributed by atoms with Crippen LogP contribution in [0, 0.1) is 0 Å². The van der Waals surface area contributed by atoms with Crippen LogP contribution in [0.15, 0.2) is 24.3 Å². The van der Waals surface area contributed by atoms with Crippen LogP contribution in [0.5, 0.6) is 0 Å². The van der Waals surface area contributed by atoms with Crippen LogP contribution < -0.4 is 5.73 Å². The van der Waals surface area contributed by atoms with E-state index in [1.807, 2.05) is 12.1 Å². The Labute approximate surface area is 111 Å². The fourth-order valence-corrected chi connectivity index (χ4v) is 2.06. The average Bonchev–Trinajstić information content (AvgIpc) is 2.38. The van der Waals surface area contributed by atoms with Crippen molar-refractivity contribution < 1.29 is 4.79 Å². The van der Waals surface area contributed by atoms with E-state index in [0.717, 1.165) is 12.0 Å². The minimum atomic E-state index is 0.239. The number of nitrogen functional groups attached to an aromatic ring is 1. The fourth-order valence-electron chi connectivity index (χ4n) is 2.06. The Morgan fingerprint density at radius 3 is 2.11 bits per heavy atom. The van der Waals surface area contributed by atoms with Crippen molar-refractivity contribution in [3.05, 3.63) is 29.8 Å². The Balaban J connectivity index is 2.12. The van der Waals surface area contributed by atoms with Crippen LogP contribution in [0.3, 0.4) is 0 Å². The Kier molecular flexibility index (Phi) is 7.16. The van der Waals surface area contributed by atoms with E-state index in [2.05, 4.69) is 6.92 Å². The molecule has 0 aliphatic carbocycles. The zero-order valence-electron chi connectivity index (χ0n) is 11.5. The van der Waals surface area contributed by atoms with E-state index in [4.69, 9.17) is 5.73 Å². The number of anilines is 1. The third-order valence-corrected chi connectivity index (χ3v) is 3.24. The van der Waals surface area contributed by atoms with E-state index >= 15 is 0 Å². The van der Waals surface area contributed by atoms with Crippen LogP contribution in [0.4, 0.5) is 5.69 Å².